The molecule has 2 rings (SSSR count). The highest BCUT2D eigenvalue weighted by atomic mass is 15.2. The molecule has 0 aliphatic carbocycles. The van der Waals surface area contributed by atoms with Crippen molar-refractivity contribution in [1.82, 2.24) is 9.88 Å². The van der Waals surface area contributed by atoms with Crippen LogP contribution in [-0.2, 0) is 13.1 Å². The molecule has 0 radical (unpaired) electrons. The van der Waals surface area contributed by atoms with E-state index in [1.54, 1.807) is 0 Å². The van der Waals surface area contributed by atoms with Crippen molar-refractivity contribution in [3.63, 3.8) is 0 Å². The molecule has 0 amide bonds. The highest BCUT2D eigenvalue weighted by Gasteiger charge is 2.24. The summed E-state index contributed by atoms with van der Waals surface area (Å²) in [5, 5.41) is 0. The number of hydrogen-bond acceptors (Lipinski definition) is 3. The van der Waals surface area contributed by atoms with Crippen LogP contribution in [-0.4, -0.2) is 22.5 Å². The average Bonchev–Trinajstić information content (AvgIpc) is 2.42. The first-order valence-corrected chi connectivity index (χ1v) is 7.10. The number of rotatable bonds is 4. The standard InChI is InChI=1S/C15H25N3/c1-3-13-5-4-12(2)18(10-13)11-15-7-6-14(8-16)9-17-15/h6-7,9,12-13H,3-5,8,10-11,16H2,1-2H3. The van der Waals surface area contributed by atoms with Gasteiger partial charge in [-0.2, -0.15) is 0 Å². The summed E-state index contributed by atoms with van der Waals surface area (Å²) in [6.07, 6.45) is 5.90. The van der Waals surface area contributed by atoms with Gasteiger partial charge < -0.3 is 5.73 Å². The van der Waals surface area contributed by atoms with Crippen molar-refractivity contribution in [2.45, 2.75) is 52.2 Å². The van der Waals surface area contributed by atoms with Gasteiger partial charge in [0.2, 0.25) is 0 Å². The fourth-order valence-electron chi connectivity index (χ4n) is 2.69. The van der Waals surface area contributed by atoms with Gasteiger partial charge in [-0.25, -0.2) is 0 Å². The van der Waals surface area contributed by atoms with E-state index < -0.39 is 0 Å². The van der Waals surface area contributed by atoms with Crippen LogP contribution in [0.15, 0.2) is 18.3 Å². The largest absolute Gasteiger partial charge is 0.326 e. The fourth-order valence-corrected chi connectivity index (χ4v) is 2.69. The Morgan fingerprint density at radius 1 is 1.39 bits per heavy atom. The smallest absolute Gasteiger partial charge is 0.0544 e. The molecule has 100 valence electrons. The van der Waals surface area contributed by atoms with Crippen LogP contribution in [0.3, 0.4) is 0 Å². The van der Waals surface area contributed by atoms with Gasteiger partial charge >= 0.3 is 0 Å². The Labute approximate surface area is 110 Å². The molecule has 0 spiro atoms. The molecule has 1 aromatic heterocycles. The highest BCUT2D eigenvalue weighted by Crippen LogP contribution is 2.25. The SMILES string of the molecule is CCC1CCC(C)N(Cc2ccc(CN)cn2)C1. The van der Waals surface area contributed by atoms with Crippen molar-refractivity contribution in [3.05, 3.63) is 29.6 Å². The molecule has 1 aliphatic rings. The van der Waals surface area contributed by atoms with E-state index >= 15 is 0 Å². The molecule has 2 heterocycles. The monoisotopic (exact) mass is 247 g/mol. The third kappa shape index (κ3) is 3.30. The lowest BCUT2D eigenvalue weighted by atomic mass is 9.91. The van der Waals surface area contributed by atoms with Crippen LogP contribution in [0, 0.1) is 5.92 Å². The molecule has 1 aliphatic heterocycles. The molecule has 0 aromatic carbocycles. The molecule has 1 aromatic rings. The maximum atomic E-state index is 5.59. The van der Waals surface area contributed by atoms with Crippen molar-refractivity contribution in [3.8, 4) is 0 Å². The van der Waals surface area contributed by atoms with Crippen LogP contribution in [0.5, 0.6) is 0 Å². The van der Waals surface area contributed by atoms with Gasteiger partial charge in [0.25, 0.3) is 0 Å². The molecular formula is C15H25N3. The predicted molar refractivity (Wildman–Crippen MR) is 75.0 cm³/mol. The van der Waals surface area contributed by atoms with E-state index in [9.17, 15) is 0 Å². The molecule has 3 heteroatoms. The van der Waals surface area contributed by atoms with Gasteiger partial charge in [0.15, 0.2) is 0 Å². The Bertz CT molecular complexity index is 361. The lowest BCUT2D eigenvalue weighted by molar-refractivity contribution is 0.107. The number of pyridine rings is 1. The van der Waals surface area contributed by atoms with Gasteiger partial charge in [0.05, 0.1) is 5.69 Å². The Morgan fingerprint density at radius 3 is 2.83 bits per heavy atom. The summed E-state index contributed by atoms with van der Waals surface area (Å²) in [5.41, 5.74) is 7.86. The first-order chi connectivity index (χ1) is 8.72. The normalized spacial score (nSPS) is 25.3. The zero-order valence-electron chi connectivity index (χ0n) is 11.6. The maximum absolute atomic E-state index is 5.59. The van der Waals surface area contributed by atoms with Crippen LogP contribution in [0.1, 0.15) is 44.4 Å². The van der Waals surface area contributed by atoms with Crippen molar-refractivity contribution < 1.29 is 0 Å². The molecule has 2 N–H and O–H groups in total. The van der Waals surface area contributed by atoms with Gasteiger partial charge in [-0.1, -0.05) is 19.4 Å². The lowest BCUT2D eigenvalue weighted by Gasteiger charge is -2.37. The Kier molecular flexibility index (Phi) is 4.72. The van der Waals surface area contributed by atoms with Crippen molar-refractivity contribution in [1.29, 1.82) is 0 Å². The molecule has 1 fully saturated rings. The Balaban J connectivity index is 1.97. The fraction of sp³-hybridized carbons (Fsp3) is 0.667. The quantitative estimate of drug-likeness (QED) is 0.889. The molecule has 2 atom stereocenters. The molecule has 2 unspecified atom stereocenters. The van der Waals surface area contributed by atoms with E-state index in [1.807, 2.05) is 6.20 Å². The lowest BCUT2D eigenvalue weighted by Crippen LogP contribution is -2.41. The molecule has 0 bridgehead atoms. The second-order valence-corrected chi connectivity index (χ2v) is 5.49. The number of nitrogens with zero attached hydrogens (tertiary/aromatic N) is 2. The summed E-state index contributed by atoms with van der Waals surface area (Å²) < 4.78 is 0. The summed E-state index contributed by atoms with van der Waals surface area (Å²) in [6.45, 7) is 7.40. The molecule has 18 heavy (non-hydrogen) atoms. The minimum atomic E-state index is 0.575. The zero-order chi connectivity index (χ0) is 13.0. The topological polar surface area (TPSA) is 42.1 Å². The number of piperidine rings is 1. The second kappa shape index (κ2) is 6.30. The second-order valence-electron chi connectivity index (χ2n) is 5.49. The summed E-state index contributed by atoms with van der Waals surface area (Å²) in [6, 6.07) is 4.89. The van der Waals surface area contributed by atoms with E-state index in [2.05, 4.69) is 35.9 Å². The minimum absolute atomic E-state index is 0.575. The van der Waals surface area contributed by atoms with Gasteiger partial charge in [-0.05, 0) is 37.3 Å². The van der Waals surface area contributed by atoms with Crippen molar-refractivity contribution >= 4 is 0 Å². The Morgan fingerprint density at radius 2 is 2.22 bits per heavy atom. The van der Waals surface area contributed by atoms with Gasteiger partial charge in [0, 0.05) is 31.9 Å². The van der Waals surface area contributed by atoms with Crippen LogP contribution >= 0.6 is 0 Å². The molecule has 1 saturated heterocycles. The highest BCUT2D eigenvalue weighted by molar-refractivity contribution is 5.13. The molecule has 3 nitrogen and oxygen atoms in total. The first kappa shape index (κ1) is 13.5. The van der Waals surface area contributed by atoms with Crippen LogP contribution in [0.25, 0.3) is 0 Å². The van der Waals surface area contributed by atoms with Crippen LogP contribution in [0.4, 0.5) is 0 Å². The van der Waals surface area contributed by atoms with E-state index in [0.717, 1.165) is 23.7 Å². The number of aromatic nitrogens is 1. The zero-order valence-corrected chi connectivity index (χ0v) is 11.6. The van der Waals surface area contributed by atoms with Gasteiger partial charge in [-0.3, -0.25) is 9.88 Å². The third-order valence-corrected chi connectivity index (χ3v) is 4.17. The van der Waals surface area contributed by atoms with E-state index in [1.165, 1.54) is 25.8 Å². The first-order valence-electron chi connectivity index (χ1n) is 7.10. The predicted octanol–water partition coefficient (Wildman–Crippen LogP) is 2.55. The number of likely N-dealkylation sites (tertiary alicyclic amines) is 1. The summed E-state index contributed by atoms with van der Waals surface area (Å²) >= 11 is 0. The van der Waals surface area contributed by atoms with Gasteiger partial charge in [-0.15, -0.1) is 0 Å². The number of hydrogen-bond donors (Lipinski definition) is 1. The van der Waals surface area contributed by atoms with Crippen LogP contribution in [0.2, 0.25) is 0 Å². The Hall–Kier alpha value is -0.930. The van der Waals surface area contributed by atoms with E-state index in [0.29, 0.717) is 12.6 Å². The van der Waals surface area contributed by atoms with Gasteiger partial charge in [0.1, 0.15) is 0 Å². The molecule has 0 saturated carbocycles. The minimum Gasteiger partial charge on any atom is -0.326 e. The van der Waals surface area contributed by atoms with E-state index in [4.69, 9.17) is 5.73 Å². The average molecular weight is 247 g/mol. The van der Waals surface area contributed by atoms with Crippen molar-refractivity contribution in [2.75, 3.05) is 6.54 Å². The summed E-state index contributed by atoms with van der Waals surface area (Å²) in [4.78, 5) is 7.08. The van der Waals surface area contributed by atoms with Crippen LogP contribution < -0.4 is 5.73 Å². The summed E-state index contributed by atoms with van der Waals surface area (Å²) in [5.74, 6) is 0.865. The third-order valence-electron chi connectivity index (χ3n) is 4.17. The molecular weight excluding hydrogens is 222 g/mol. The van der Waals surface area contributed by atoms with Crippen molar-refractivity contribution in [2.24, 2.45) is 11.7 Å². The number of nitrogens with two attached hydrogens (primary N) is 1. The maximum Gasteiger partial charge on any atom is 0.0544 e. The van der Waals surface area contributed by atoms with E-state index in [-0.39, 0.29) is 0 Å². The summed E-state index contributed by atoms with van der Waals surface area (Å²) in [7, 11) is 0.